The molecule has 0 heterocycles. The number of phosphoric acid groups is 1. The first-order valence-electron chi connectivity index (χ1n) is 25.4. The molecule has 0 fully saturated rings. The Morgan fingerprint density at radius 1 is 0.414 bits per heavy atom. The molecule has 0 aromatic carbocycles. The minimum absolute atomic E-state index is 0.0736. The Hall–Kier alpha value is -4.90. The van der Waals surface area contributed by atoms with E-state index >= 15 is 0 Å². The lowest BCUT2D eigenvalue weighted by Crippen LogP contribution is -2.30. The van der Waals surface area contributed by atoms with Gasteiger partial charge in [-0.3, -0.25) is 23.4 Å². The number of ether oxygens (including phenoxy) is 3. The van der Waals surface area contributed by atoms with Crippen molar-refractivity contribution in [3.05, 3.63) is 158 Å². The lowest BCUT2D eigenvalue weighted by molar-refractivity contribution is -0.160. The molecular formula is C58H87O11P. The highest BCUT2D eigenvalue weighted by Gasteiger charge is 2.28. The van der Waals surface area contributed by atoms with E-state index in [0.29, 0.717) is 19.3 Å². The average molecular weight is 991 g/mol. The van der Waals surface area contributed by atoms with Crippen molar-refractivity contribution in [3.8, 4) is 0 Å². The molecule has 0 aliphatic heterocycles. The maximum Gasteiger partial charge on any atom is 0.472 e. The Morgan fingerprint density at radius 2 is 0.743 bits per heavy atom. The molecule has 0 amide bonds. The van der Waals surface area contributed by atoms with E-state index in [9.17, 15) is 28.9 Å². The number of unbranched alkanes of at least 4 members (excludes halogenated alkanes) is 3. The number of hydrogen-bond donors (Lipinski definition) is 2. The van der Waals surface area contributed by atoms with Crippen LogP contribution in [0.4, 0.5) is 0 Å². The zero-order valence-electron chi connectivity index (χ0n) is 42.7. The molecule has 3 unspecified atom stereocenters. The number of rotatable bonds is 44. The highest BCUT2D eigenvalue weighted by Crippen LogP contribution is 2.43. The van der Waals surface area contributed by atoms with Crippen LogP contribution in [0.3, 0.4) is 0 Å². The Bertz CT molecular complexity index is 1770. The molecular weight excluding hydrogens is 904 g/mol. The maximum absolute atomic E-state index is 12.8. The van der Waals surface area contributed by atoms with Crippen molar-refractivity contribution < 1.29 is 52.2 Å². The average Bonchev–Trinajstić information content (AvgIpc) is 3.35. The zero-order valence-corrected chi connectivity index (χ0v) is 43.5. The quantitative estimate of drug-likeness (QED) is 0.0197. The Morgan fingerprint density at radius 3 is 1.11 bits per heavy atom. The molecule has 390 valence electrons. The van der Waals surface area contributed by atoms with Crippen LogP contribution < -0.4 is 0 Å². The molecule has 0 aliphatic carbocycles. The molecule has 0 radical (unpaired) electrons. The van der Waals surface area contributed by atoms with Crippen LogP contribution in [-0.2, 0) is 42.2 Å². The summed E-state index contributed by atoms with van der Waals surface area (Å²) in [6.45, 7) is 3.98. The van der Waals surface area contributed by atoms with Crippen LogP contribution in [0, 0.1) is 0 Å². The molecule has 70 heavy (non-hydrogen) atoms. The summed E-state index contributed by atoms with van der Waals surface area (Å²) in [4.78, 5) is 48.2. The zero-order chi connectivity index (χ0) is 51.3. The van der Waals surface area contributed by atoms with Crippen LogP contribution in [0.25, 0.3) is 0 Å². The first-order valence-corrected chi connectivity index (χ1v) is 26.9. The Balaban J connectivity index is 5.01. The van der Waals surface area contributed by atoms with Gasteiger partial charge in [-0.1, -0.05) is 185 Å². The topological polar surface area (TPSA) is 155 Å². The molecule has 12 heteroatoms. The normalized spacial score (nSPS) is 14.8. The van der Waals surface area contributed by atoms with Gasteiger partial charge in [-0.15, -0.1) is 0 Å². The summed E-state index contributed by atoms with van der Waals surface area (Å²) in [5.74, 6) is -1.82. The van der Waals surface area contributed by atoms with Gasteiger partial charge < -0.3 is 24.2 Å². The summed E-state index contributed by atoms with van der Waals surface area (Å²) in [5, 5.41) is 9.76. The highest BCUT2D eigenvalue weighted by atomic mass is 31.2. The number of phosphoric ester groups is 1. The molecule has 0 aliphatic rings. The van der Waals surface area contributed by atoms with Gasteiger partial charge in [0.2, 0.25) is 0 Å². The fraction of sp³-hybridized carbons (Fsp3) is 0.500. The molecule has 0 spiro atoms. The number of aliphatic hydroxyl groups is 1. The number of allylic oxidation sites excluding steroid dienone is 24. The molecule has 11 nitrogen and oxygen atoms in total. The van der Waals surface area contributed by atoms with E-state index < -0.39 is 64.4 Å². The summed E-state index contributed by atoms with van der Waals surface area (Å²) >= 11 is 0. The van der Waals surface area contributed by atoms with Crippen LogP contribution in [0.1, 0.15) is 149 Å². The monoisotopic (exact) mass is 991 g/mol. The van der Waals surface area contributed by atoms with Crippen molar-refractivity contribution in [3.63, 3.8) is 0 Å². The van der Waals surface area contributed by atoms with Crippen molar-refractivity contribution in [2.75, 3.05) is 26.4 Å². The Labute approximate surface area is 422 Å². The summed E-state index contributed by atoms with van der Waals surface area (Å²) in [5.41, 5.74) is 0. The molecule has 0 bridgehead atoms. The fourth-order valence-corrected chi connectivity index (χ4v) is 6.54. The number of hydrogen-bond acceptors (Lipinski definition) is 10. The molecule has 0 saturated heterocycles. The van der Waals surface area contributed by atoms with Crippen molar-refractivity contribution in [2.45, 2.75) is 161 Å². The largest absolute Gasteiger partial charge is 0.472 e. The van der Waals surface area contributed by atoms with Crippen molar-refractivity contribution in [1.82, 2.24) is 0 Å². The van der Waals surface area contributed by atoms with E-state index in [2.05, 4.69) is 130 Å². The van der Waals surface area contributed by atoms with E-state index in [4.69, 9.17) is 23.3 Å². The van der Waals surface area contributed by atoms with Crippen LogP contribution in [0.2, 0.25) is 0 Å². The fourth-order valence-electron chi connectivity index (χ4n) is 5.75. The van der Waals surface area contributed by atoms with E-state index in [-0.39, 0.29) is 19.3 Å². The van der Waals surface area contributed by atoms with Crippen LogP contribution in [0.5, 0.6) is 0 Å². The van der Waals surface area contributed by atoms with E-state index in [0.717, 1.165) is 89.9 Å². The Kier molecular flexibility index (Phi) is 47.0. The van der Waals surface area contributed by atoms with Gasteiger partial charge in [-0.2, -0.15) is 0 Å². The first-order chi connectivity index (χ1) is 34.2. The summed E-state index contributed by atoms with van der Waals surface area (Å²) in [6, 6.07) is 0. The van der Waals surface area contributed by atoms with E-state index in [1.807, 2.05) is 36.5 Å². The predicted octanol–water partition coefficient (Wildman–Crippen LogP) is 14.6. The second-order valence-corrected chi connectivity index (χ2v) is 17.3. The van der Waals surface area contributed by atoms with Gasteiger partial charge in [0, 0.05) is 6.42 Å². The third-order valence-corrected chi connectivity index (χ3v) is 10.4. The molecule has 0 saturated carbocycles. The minimum Gasteiger partial charge on any atom is -0.462 e. The predicted molar refractivity (Wildman–Crippen MR) is 288 cm³/mol. The van der Waals surface area contributed by atoms with Crippen LogP contribution in [0.15, 0.2) is 158 Å². The molecule has 0 rings (SSSR count). The highest BCUT2D eigenvalue weighted by molar-refractivity contribution is 7.47. The van der Waals surface area contributed by atoms with Gasteiger partial charge in [0.05, 0.1) is 32.7 Å². The molecule has 3 atom stereocenters. The van der Waals surface area contributed by atoms with E-state index in [1.165, 1.54) is 0 Å². The summed E-state index contributed by atoms with van der Waals surface area (Å²) in [6.07, 6.45) is 65.7. The van der Waals surface area contributed by atoms with Crippen LogP contribution >= 0.6 is 7.82 Å². The van der Waals surface area contributed by atoms with Gasteiger partial charge in [0.15, 0.2) is 6.10 Å². The van der Waals surface area contributed by atoms with Crippen molar-refractivity contribution in [2.24, 2.45) is 0 Å². The number of carbonyl (C=O) groups is 3. The SMILES string of the molecule is CC/C=C\C/C=C\C/C=C\C/C=C\C/C=C\CC(=O)OC(CO)COP(=O)(O)OCC(COC(=O)CCCCC/C=C\C/C=C\C/C=C\CC)OC(=O)C/C=C\C/C=C\C/C=C\C/C=C\C/C=C\CC. The minimum atomic E-state index is -4.81. The van der Waals surface area contributed by atoms with Gasteiger partial charge in [-0.05, 0) is 103 Å². The summed E-state index contributed by atoms with van der Waals surface area (Å²) in [7, 11) is -4.81. The molecule has 0 aromatic heterocycles. The lowest BCUT2D eigenvalue weighted by atomic mass is 10.1. The van der Waals surface area contributed by atoms with Gasteiger partial charge in [-0.25, -0.2) is 4.57 Å². The second-order valence-electron chi connectivity index (χ2n) is 15.9. The molecule has 0 aromatic rings. The standard InChI is InChI=1S/C58H87O11P/c1-4-7-10-13-16-19-22-25-27-30-33-36-39-42-45-48-57(61)68-54(50-59)52-66-70(63,64)67-53-55(51-65-56(60)47-44-41-38-35-32-29-24-21-18-15-12-9-6-3)69-58(62)49-46-43-40-37-34-31-28-26-23-20-17-14-11-8-5-2/h7-12,16-21,25-29,32-34,36-37,42-43,45-46,54-55,59H,4-6,13-15,22-24,30-31,35,38-41,44,47-53H2,1-3H3,(H,63,64)/b10-7-,11-8-,12-9-,19-16-,20-17-,21-18-,27-25-,28-26-,32-29-,36-33-,37-34-,45-42-,46-43-. The second kappa shape index (κ2) is 50.5. The van der Waals surface area contributed by atoms with Gasteiger partial charge >= 0.3 is 25.7 Å². The lowest BCUT2D eigenvalue weighted by Gasteiger charge is -2.21. The van der Waals surface area contributed by atoms with Gasteiger partial charge in [0.1, 0.15) is 12.7 Å². The third kappa shape index (κ3) is 48.1. The molecule has 2 N–H and O–H groups in total. The maximum atomic E-state index is 12.8. The third-order valence-electron chi connectivity index (χ3n) is 9.49. The number of esters is 3. The number of carbonyl (C=O) groups excluding carboxylic acids is 3. The number of aliphatic hydroxyl groups excluding tert-OH is 1. The van der Waals surface area contributed by atoms with Crippen LogP contribution in [-0.4, -0.2) is 66.5 Å². The van der Waals surface area contributed by atoms with Gasteiger partial charge in [0.25, 0.3) is 0 Å². The smallest absolute Gasteiger partial charge is 0.462 e. The van der Waals surface area contributed by atoms with Crippen molar-refractivity contribution in [1.29, 1.82) is 0 Å². The van der Waals surface area contributed by atoms with Crippen molar-refractivity contribution >= 4 is 25.7 Å². The first kappa shape index (κ1) is 65.1. The van der Waals surface area contributed by atoms with E-state index in [1.54, 1.807) is 12.2 Å². The summed E-state index contributed by atoms with van der Waals surface area (Å²) < 4.78 is 39.0.